The van der Waals surface area contributed by atoms with Gasteiger partial charge < -0.3 is 5.32 Å². The molecule has 3 heteroatoms. The van der Waals surface area contributed by atoms with Gasteiger partial charge in [-0.15, -0.1) is 11.8 Å². The molecular weight excluding hydrogens is 192 g/mol. The molecule has 76 valence electrons. The smallest absolute Gasteiger partial charge is 0.0957 e. The predicted octanol–water partition coefficient (Wildman–Crippen LogP) is 2.62. The lowest BCUT2D eigenvalue weighted by atomic mass is 9.99. The van der Waals surface area contributed by atoms with Gasteiger partial charge in [0.1, 0.15) is 0 Å². The van der Waals surface area contributed by atoms with Crippen LogP contribution in [0.4, 0.5) is 0 Å². The second-order valence-corrected chi connectivity index (χ2v) is 4.46. The fraction of sp³-hybridized carbons (Fsp3) is 0.545. The van der Waals surface area contributed by atoms with Crippen LogP contribution in [0.2, 0.25) is 0 Å². The molecule has 0 saturated carbocycles. The molecule has 1 N–H and O–H groups in total. The number of aromatic nitrogens is 1. The monoisotopic (exact) mass is 208 g/mol. The van der Waals surface area contributed by atoms with Crippen LogP contribution in [0.5, 0.6) is 0 Å². The molecule has 14 heavy (non-hydrogen) atoms. The summed E-state index contributed by atoms with van der Waals surface area (Å²) in [4.78, 5) is 4.40. The van der Waals surface area contributed by atoms with Crippen LogP contribution in [0, 0.1) is 0 Å². The molecule has 0 amide bonds. The zero-order valence-corrected chi connectivity index (χ0v) is 9.31. The number of nitrogens with one attached hydrogen (secondary N) is 1. The number of hydrogen-bond acceptors (Lipinski definition) is 3. The van der Waals surface area contributed by atoms with Crippen molar-refractivity contribution in [2.45, 2.75) is 30.3 Å². The zero-order chi connectivity index (χ0) is 9.80. The largest absolute Gasteiger partial charge is 0.310 e. The third-order valence-corrected chi connectivity index (χ3v) is 3.34. The summed E-state index contributed by atoms with van der Waals surface area (Å²) >= 11 is 1.69. The Balaban J connectivity index is 2.07. The lowest BCUT2D eigenvalue weighted by Gasteiger charge is -2.23. The van der Waals surface area contributed by atoms with Gasteiger partial charge in [0.15, 0.2) is 0 Å². The Kier molecular flexibility index (Phi) is 3.43. The van der Waals surface area contributed by atoms with Crippen LogP contribution in [0.1, 0.15) is 30.9 Å². The molecule has 1 aromatic heterocycles. The molecule has 1 aromatic rings. The van der Waals surface area contributed by atoms with Crippen molar-refractivity contribution in [3.05, 3.63) is 23.9 Å². The Morgan fingerprint density at radius 2 is 2.36 bits per heavy atom. The molecule has 2 rings (SSSR count). The Morgan fingerprint density at radius 3 is 2.93 bits per heavy atom. The molecule has 1 unspecified atom stereocenters. The Labute approximate surface area is 89.5 Å². The fourth-order valence-electron chi connectivity index (χ4n) is 1.85. The van der Waals surface area contributed by atoms with Gasteiger partial charge in [0.2, 0.25) is 0 Å². The minimum absolute atomic E-state index is 0.534. The van der Waals surface area contributed by atoms with E-state index in [-0.39, 0.29) is 0 Å². The predicted molar refractivity (Wildman–Crippen MR) is 60.6 cm³/mol. The van der Waals surface area contributed by atoms with Gasteiger partial charge in [-0.05, 0) is 37.3 Å². The van der Waals surface area contributed by atoms with E-state index in [1.165, 1.54) is 24.8 Å². The standard InChI is InChI=1S/C11H16N2S/c1-14-11-6-5-9(8-13-11)10-4-2-3-7-12-10/h5-6,8,10,12H,2-4,7H2,1H3. The van der Waals surface area contributed by atoms with E-state index in [1.807, 2.05) is 6.20 Å². The summed E-state index contributed by atoms with van der Waals surface area (Å²) in [5, 5.41) is 4.63. The average molecular weight is 208 g/mol. The van der Waals surface area contributed by atoms with Crippen molar-refractivity contribution in [2.75, 3.05) is 12.8 Å². The van der Waals surface area contributed by atoms with Gasteiger partial charge in [0.25, 0.3) is 0 Å². The third-order valence-electron chi connectivity index (χ3n) is 2.68. The average Bonchev–Trinajstić information content (AvgIpc) is 2.30. The molecule has 0 aliphatic carbocycles. The summed E-state index contributed by atoms with van der Waals surface area (Å²) < 4.78 is 0. The van der Waals surface area contributed by atoms with E-state index >= 15 is 0 Å². The van der Waals surface area contributed by atoms with Gasteiger partial charge in [-0.1, -0.05) is 12.5 Å². The van der Waals surface area contributed by atoms with E-state index in [1.54, 1.807) is 11.8 Å². The quantitative estimate of drug-likeness (QED) is 0.756. The summed E-state index contributed by atoms with van der Waals surface area (Å²) in [6, 6.07) is 4.84. The highest BCUT2D eigenvalue weighted by molar-refractivity contribution is 7.98. The summed E-state index contributed by atoms with van der Waals surface area (Å²) in [7, 11) is 0. The molecule has 0 spiro atoms. The Hall–Kier alpha value is -0.540. The number of hydrogen-bond donors (Lipinski definition) is 1. The Morgan fingerprint density at radius 1 is 1.43 bits per heavy atom. The maximum absolute atomic E-state index is 4.40. The topological polar surface area (TPSA) is 24.9 Å². The summed E-state index contributed by atoms with van der Waals surface area (Å²) in [5.74, 6) is 0. The van der Waals surface area contributed by atoms with Crippen molar-refractivity contribution >= 4 is 11.8 Å². The van der Waals surface area contributed by atoms with Crippen molar-refractivity contribution in [1.82, 2.24) is 10.3 Å². The Bertz CT molecular complexity index is 278. The molecule has 0 aromatic carbocycles. The number of thioether (sulfide) groups is 1. The van der Waals surface area contributed by atoms with Crippen LogP contribution in [0.25, 0.3) is 0 Å². The SMILES string of the molecule is CSc1ccc(C2CCCCN2)cn1. The maximum Gasteiger partial charge on any atom is 0.0957 e. The lowest BCUT2D eigenvalue weighted by molar-refractivity contribution is 0.411. The molecule has 1 aliphatic heterocycles. The molecule has 0 radical (unpaired) electrons. The van der Waals surface area contributed by atoms with Crippen molar-refractivity contribution in [3.63, 3.8) is 0 Å². The van der Waals surface area contributed by atoms with Gasteiger partial charge in [-0.3, -0.25) is 0 Å². The molecule has 0 bridgehead atoms. The van der Waals surface area contributed by atoms with Crippen LogP contribution in [-0.2, 0) is 0 Å². The van der Waals surface area contributed by atoms with Gasteiger partial charge >= 0.3 is 0 Å². The highest BCUT2D eigenvalue weighted by Crippen LogP contribution is 2.23. The minimum Gasteiger partial charge on any atom is -0.310 e. The third kappa shape index (κ3) is 2.28. The minimum atomic E-state index is 0.534. The van der Waals surface area contributed by atoms with Crippen LogP contribution < -0.4 is 5.32 Å². The van der Waals surface area contributed by atoms with Crippen LogP contribution >= 0.6 is 11.8 Å². The van der Waals surface area contributed by atoms with Crippen molar-refractivity contribution in [2.24, 2.45) is 0 Å². The molecule has 1 fully saturated rings. The van der Waals surface area contributed by atoms with Crippen LogP contribution in [0.15, 0.2) is 23.4 Å². The molecule has 1 atom stereocenters. The van der Waals surface area contributed by atoms with E-state index < -0.39 is 0 Å². The highest BCUT2D eigenvalue weighted by Gasteiger charge is 2.14. The van der Waals surface area contributed by atoms with Crippen LogP contribution in [-0.4, -0.2) is 17.8 Å². The van der Waals surface area contributed by atoms with E-state index in [0.29, 0.717) is 6.04 Å². The first-order valence-electron chi connectivity index (χ1n) is 5.13. The zero-order valence-electron chi connectivity index (χ0n) is 8.49. The number of nitrogens with zero attached hydrogens (tertiary/aromatic N) is 1. The fourth-order valence-corrected chi connectivity index (χ4v) is 2.22. The van der Waals surface area contributed by atoms with Crippen molar-refractivity contribution in [3.8, 4) is 0 Å². The number of piperidine rings is 1. The van der Waals surface area contributed by atoms with Crippen molar-refractivity contribution in [1.29, 1.82) is 0 Å². The summed E-state index contributed by atoms with van der Waals surface area (Å²) in [6.07, 6.45) is 7.96. The maximum atomic E-state index is 4.40. The first-order valence-corrected chi connectivity index (χ1v) is 6.36. The molecular formula is C11H16N2S. The second-order valence-electron chi connectivity index (χ2n) is 3.64. The second kappa shape index (κ2) is 4.80. The number of pyridine rings is 1. The van der Waals surface area contributed by atoms with Crippen molar-refractivity contribution < 1.29 is 0 Å². The summed E-state index contributed by atoms with van der Waals surface area (Å²) in [5.41, 5.74) is 1.34. The van der Waals surface area contributed by atoms with E-state index in [2.05, 4.69) is 28.7 Å². The van der Waals surface area contributed by atoms with Crippen LogP contribution in [0.3, 0.4) is 0 Å². The van der Waals surface area contributed by atoms with Gasteiger partial charge in [-0.2, -0.15) is 0 Å². The van der Waals surface area contributed by atoms with Gasteiger partial charge in [0.05, 0.1) is 5.03 Å². The molecule has 2 nitrogen and oxygen atoms in total. The highest BCUT2D eigenvalue weighted by atomic mass is 32.2. The van der Waals surface area contributed by atoms with E-state index in [4.69, 9.17) is 0 Å². The van der Waals surface area contributed by atoms with E-state index in [0.717, 1.165) is 11.6 Å². The molecule has 2 heterocycles. The normalized spacial score (nSPS) is 22.2. The van der Waals surface area contributed by atoms with E-state index in [9.17, 15) is 0 Å². The molecule has 1 aliphatic rings. The first-order chi connectivity index (χ1) is 6.90. The van der Waals surface area contributed by atoms with Gasteiger partial charge in [0, 0.05) is 12.2 Å². The lowest BCUT2D eigenvalue weighted by Crippen LogP contribution is -2.26. The molecule has 1 saturated heterocycles. The number of rotatable bonds is 2. The summed E-state index contributed by atoms with van der Waals surface area (Å²) in [6.45, 7) is 1.15. The first kappa shape index (κ1) is 9.99. The van der Waals surface area contributed by atoms with Gasteiger partial charge in [-0.25, -0.2) is 4.98 Å².